The highest BCUT2D eigenvalue weighted by Gasteiger charge is 2.32. The van der Waals surface area contributed by atoms with Crippen LogP contribution in [0.5, 0.6) is 0 Å². The van der Waals surface area contributed by atoms with Gasteiger partial charge in [0.05, 0.1) is 5.69 Å². The standard InChI is InChI=1S/C16H28N4S/c1-16(2,3)20-9-7-19(8-10-20)15-18-14(12-5-6-12)13(21-15)11-17-4/h12,17H,5-11H2,1-4H3. The van der Waals surface area contributed by atoms with E-state index in [0.29, 0.717) is 0 Å². The highest BCUT2D eigenvalue weighted by molar-refractivity contribution is 7.15. The number of aromatic nitrogens is 1. The van der Waals surface area contributed by atoms with Crippen molar-refractivity contribution < 1.29 is 0 Å². The lowest BCUT2D eigenvalue weighted by Crippen LogP contribution is -2.53. The molecule has 2 heterocycles. The number of rotatable bonds is 4. The van der Waals surface area contributed by atoms with Crippen LogP contribution in [0.1, 0.15) is 50.1 Å². The van der Waals surface area contributed by atoms with E-state index in [9.17, 15) is 0 Å². The molecule has 0 radical (unpaired) electrons. The largest absolute Gasteiger partial charge is 0.346 e. The van der Waals surface area contributed by atoms with E-state index in [2.05, 4.69) is 35.9 Å². The van der Waals surface area contributed by atoms with Crippen LogP contribution in [0, 0.1) is 0 Å². The second kappa shape index (κ2) is 5.86. The van der Waals surface area contributed by atoms with Gasteiger partial charge in [-0.25, -0.2) is 4.98 Å². The summed E-state index contributed by atoms with van der Waals surface area (Å²) in [5.41, 5.74) is 1.66. The molecular weight excluding hydrogens is 280 g/mol. The molecular formula is C16H28N4S. The molecule has 118 valence electrons. The Labute approximate surface area is 132 Å². The van der Waals surface area contributed by atoms with Crippen LogP contribution >= 0.6 is 11.3 Å². The van der Waals surface area contributed by atoms with Gasteiger partial charge < -0.3 is 10.2 Å². The van der Waals surface area contributed by atoms with Gasteiger partial charge in [0.1, 0.15) is 0 Å². The third kappa shape index (κ3) is 3.41. The number of hydrogen-bond acceptors (Lipinski definition) is 5. The van der Waals surface area contributed by atoms with Crippen LogP contribution in [0.15, 0.2) is 0 Å². The number of nitrogens with zero attached hydrogens (tertiary/aromatic N) is 3. The number of hydrogen-bond donors (Lipinski definition) is 1. The number of anilines is 1. The van der Waals surface area contributed by atoms with Crippen LogP contribution in [0.3, 0.4) is 0 Å². The van der Waals surface area contributed by atoms with Crippen molar-refractivity contribution in [3.63, 3.8) is 0 Å². The van der Waals surface area contributed by atoms with Gasteiger partial charge in [0.2, 0.25) is 0 Å². The van der Waals surface area contributed by atoms with Crippen molar-refractivity contribution >= 4 is 16.5 Å². The maximum absolute atomic E-state index is 4.99. The van der Waals surface area contributed by atoms with Crippen LogP contribution in [0.4, 0.5) is 5.13 Å². The van der Waals surface area contributed by atoms with E-state index in [0.717, 1.165) is 38.6 Å². The lowest BCUT2D eigenvalue weighted by atomic mass is 10.1. The van der Waals surface area contributed by atoms with Crippen LogP contribution < -0.4 is 10.2 Å². The van der Waals surface area contributed by atoms with Crippen molar-refractivity contribution in [2.75, 3.05) is 38.1 Å². The molecule has 1 saturated carbocycles. The molecule has 5 heteroatoms. The van der Waals surface area contributed by atoms with Crippen LogP contribution in [-0.2, 0) is 6.54 Å². The molecule has 1 aliphatic carbocycles. The van der Waals surface area contributed by atoms with E-state index in [1.807, 2.05) is 18.4 Å². The first-order chi connectivity index (χ1) is 9.99. The molecule has 1 saturated heterocycles. The molecule has 3 rings (SSSR count). The Kier molecular flexibility index (Phi) is 4.26. The minimum atomic E-state index is 0.283. The summed E-state index contributed by atoms with van der Waals surface area (Å²) in [6.45, 7) is 12.4. The van der Waals surface area contributed by atoms with E-state index < -0.39 is 0 Å². The zero-order chi connectivity index (χ0) is 15.0. The average Bonchev–Trinajstić information content (AvgIpc) is 3.20. The molecule has 0 unspecified atom stereocenters. The predicted molar refractivity (Wildman–Crippen MR) is 90.4 cm³/mol. The quantitative estimate of drug-likeness (QED) is 0.926. The van der Waals surface area contributed by atoms with Gasteiger partial charge in [0.25, 0.3) is 0 Å². The topological polar surface area (TPSA) is 31.4 Å². The number of nitrogens with one attached hydrogen (secondary N) is 1. The summed E-state index contributed by atoms with van der Waals surface area (Å²) in [6.07, 6.45) is 2.66. The normalized spacial score (nSPS) is 21.0. The second-order valence-corrected chi connectivity index (χ2v) is 8.32. The molecule has 0 amide bonds. The van der Waals surface area contributed by atoms with Crippen molar-refractivity contribution in [3.8, 4) is 0 Å². The zero-order valence-electron chi connectivity index (χ0n) is 13.8. The zero-order valence-corrected chi connectivity index (χ0v) is 14.6. The third-order valence-corrected chi connectivity index (χ3v) is 5.65. The molecule has 2 aliphatic rings. The Bertz CT molecular complexity index is 479. The average molecular weight is 308 g/mol. The Morgan fingerprint density at radius 2 is 1.86 bits per heavy atom. The van der Waals surface area contributed by atoms with E-state index in [1.54, 1.807) is 0 Å². The lowest BCUT2D eigenvalue weighted by Gasteiger charge is -2.42. The molecule has 0 spiro atoms. The highest BCUT2D eigenvalue weighted by atomic mass is 32.1. The molecule has 21 heavy (non-hydrogen) atoms. The summed E-state index contributed by atoms with van der Waals surface area (Å²) in [4.78, 5) is 11.5. The monoisotopic (exact) mass is 308 g/mol. The minimum absolute atomic E-state index is 0.283. The van der Waals surface area contributed by atoms with Gasteiger partial charge in [-0.2, -0.15) is 0 Å². The van der Waals surface area contributed by atoms with E-state index in [-0.39, 0.29) is 5.54 Å². The Hall–Kier alpha value is -0.650. The first-order valence-electron chi connectivity index (χ1n) is 8.13. The van der Waals surface area contributed by atoms with E-state index >= 15 is 0 Å². The summed E-state index contributed by atoms with van der Waals surface area (Å²) in [7, 11) is 2.03. The molecule has 4 nitrogen and oxygen atoms in total. The van der Waals surface area contributed by atoms with Crippen LogP contribution in [0.25, 0.3) is 0 Å². The van der Waals surface area contributed by atoms with Crippen molar-refractivity contribution in [3.05, 3.63) is 10.6 Å². The molecule has 1 N–H and O–H groups in total. The van der Waals surface area contributed by atoms with Crippen molar-refractivity contribution in [1.29, 1.82) is 0 Å². The summed E-state index contributed by atoms with van der Waals surface area (Å²) in [5, 5.41) is 4.54. The van der Waals surface area contributed by atoms with Gasteiger partial charge in [0.15, 0.2) is 5.13 Å². The van der Waals surface area contributed by atoms with Gasteiger partial charge >= 0.3 is 0 Å². The maximum atomic E-state index is 4.99. The van der Waals surface area contributed by atoms with Gasteiger partial charge in [-0.3, -0.25) is 4.90 Å². The Morgan fingerprint density at radius 3 is 2.38 bits per heavy atom. The highest BCUT2D eigenvalue weighted by Crippen LogP contribution is 2.44. The summed E-state index contributed by atoms with van der Waals surface area (Å²) >= 11 is 1.90. The molecule has 0 aromatic carbocycles. The van der Waals surface area contributed by atoms with Crippen molar-refractivity contribution in [1.82, 2.24) is 15.2 Å². The van der Waals surface area contributed by atoms with Crippen LogP contribution in [0.2, 0.25) is 0 Å². The SMILES string of the molecule is CNCc1sc(N2CCN(C(C)(C)C)CC2)nc1C1CC1. The molecule has 2 fully saturated rings. The summed E-state index contributed by atoms with van der Waals surface area (Å²) in [5.74, 6) is 0.745. The molecule has 0 bridgehead atoms. The van der Waals surface area contributed by atoms with E-state index in [4.69, 9.17) is 4.98 Å². The first kappa shape index (κ1) is 15.3. The third-order valence-electron chi connectivity index (χ3n) is 4.52. The van der Waals surface area contributed by atoms with Crippen molar-refractivity contribution in [2.24, 2.45) is 0 Å². The fourth-order valence-corrected chi connectivity index (χ4v) is 4.23. The molecule has 1 aromatic heterocycles. The number of thiazole rings is 1. The fourth-order valence-electron chi connectivity index (χ4n) is 3.02. The lowest BCUT2D eigenvalue weighted by molar-refractivity contribution is 0.128. The first-order valence-corrected chi connectivity index (χ1v) is 8.95. The fraction of sp³-hybridized carbons (Fsp3) is 0.812. The van der Waals surface area contributed by atoms with E-state index in [1.165, 1.54) is 28.5 Å². The smallest absolute Gasteiger partial charge is 0.185 e. The molecule has 1 aromatic rings. The number of piperazine rings is 1. The summed E-state index contributed by atoms with van der Waals surface area (Å²) in [6, 6.07) is 0. The molecule has 0 atom stereocenters. The van der Waals surface area contributed by atoms with Crippen molar-refractivity contribution in [2.45, 2.75) is 51.6 Å². The van der Waals surface area contributed by atoms with Gasteiger partial charge in [0, 0.05) is 49.1 Å². The van der Waals surface area contributed by atoms with Gasteiger partial charge in [-0.05, 0) is 40.7 Å². The van der Waals surface area contributed by atoms with Gasteiger partial charge in [-0.15, -0.1) is 11.3 Å². The summed E-state index contributed by atoms with van der Waals surface area (Å²) < 4.78 is 0. The maximum Gasteiger partial charge on any atom is 0.185 e. The van der Waals surface area contributed by atoms with Gasteiger partial charge in [-0.1, -0.05) is 0 Å². The van der Waals surface area contributed by atoms with Crippen LogP contribution in [-0.4, -0.2) is 48.6 Å². The second-order valence-electron chi connectivity index (χ2n) is 7.25. The minimum Gasteiger partial charge on any atom is -0.346 e. The Morgan fingerprint density at radius 1 is 1.19 bits per heavy atom. The molecule has 1 aliphatic heterocycles. The Balaban J connectivity index is 1.69. The predicted octanol–water partition coefficient (Wildman–Crippen LogP) is 2.66.